The smallest absolute Gasteiger partial charge is 0.259 e. The Morgan fingerprint density at radius 2 is 1.67 bits per heavy atom. The predicted octanol–water partition coefficient (Wildman–Crippen LogP) is 1.99. The molecule has 0 spiro atoms. The lowest BCUT2D eigenvalue weighted by Gasteiger charge is -2.26. The van der Waals surface area contributed by atoms with Crippen molar-refractivity contribution in [1.29, 1.82) is 0 Å². The standard InChI is InChI=1S/C20H24N2O7S/c1-26-15-5-6-16(18(13-15)28-3)20(23)21-14-4-7-17(27-2)19(12-14)30(24,25)22-8-10-29-11-9-22/h4-7,12-13H,8-11H2,1-3H3,(H,21,23). The van der Waals surface area contributed by atoms with E-state index in [9.17, 15) is 13.2 Å². The molecule has 1 aliphatic heterocycles. The lowest BCUT2D eigenvalue weighted by molar-refractivity contribution is 0.0729. The molecular weight excluding hydrogens is 412 g/mol. The molecule has 0 radical (unpaired) electrons. The number of nitrogens with zero attached hydrogens (tertiary/aromatic N) is 1. The maximum Gasteiger partial charge on any atom is 0.259 e. The molecule has 2 aromatic rings. The SMILES string of the molecule is COc1ccc(C(=O)Nc2ccc(OC)c(S(=O)(=O)N3CCOCC3)c2)c(OC)c1. The van der Waals surface area contributed by atoms with Crippen LogP contribution < -0.4 is 19.5 Å². The topological polar surface area (TPSA) is 103 Å². The molecule has 162 valence electrons. The van der Waals surface area contributed by atoms with Gasteiger partial charge < -0.3 is 24.3 Å². The third-order valence-corrected chi connectivity index (χ3v) is 6.58. The number of ether oxygens (including phenoxy) is 4. The first-order chi connectivity index (χ1) is 14.4. The van der Waals surface area contributed by atoms with Crippen molar-refractivity contribution in [2.45, 2.75) is 4.90 Å². The van der Waals surface area contributed by atoms with Crippen molar-refractivity contribution in [3.63, 3.8) is 0 Å². The highest BCUT2D eigenvalue weighted by atomic mass is 32.2. The zero-order chi connectivity index (χ0) is 21.7. The van der Waals surface area contributed by atoms with Gasteiger partial charge in [-0.3, -0.25) is 4.79 Å². The minimum atomic E-state index is -3.81. The largest absolute Gasteiger partial charge is 0.497 e. The van der Waals surface area contributed by atoms with Gasteiger partial charge in [0.05, 0.1) is 40.1 Å². The summed E-state index contributed by atoms with van der Waals surface area (Å²) in [4.78, 5) is 12.7. The van der Waals surface area contributed by atoms with Gasteiger partial charge in [0.2, 0.25) is 10.0 Å². The summed E-state index contributed by atoms with van der Waals surface area (Å²) in [5.41, 5.74) is 0.595. The van der Waals surface area contributed by atoms with Gasteiger partial charge in [0.15, 0.2) is 0 Å². The highest BCUT2D eigenvalue weighted by Gasteiger charge is 2.29. The molecule has 3 rings (SSSR count). The fourth-order valence-electron chi connectivity index (χ4n) is 3.07. The number of methoxy groups -OCH3 is 3. The monoisotopic (exact) mass is 436 g/mol. The third-order valence-electron chi connectivity index (χ3n) is 4.66. The molecule has 1 amide bonds. The summed E-state index contributed by atoms with van der Waals surface area (Å²) >= 11 is 0. The third kappa shape index (κ3) is 4.50. The number of carbonyl (C=O) groups excluding carboxylic acids is 1. The molecule has 0 atom stereocenters. The van der Waals surface area contributed by atoms with Gasteiger partial charge in [-0.05, 0) is 30.3 Å². The number of carbonyl (C=O) groups is 1. The van der Waals surface area contributed by atoms with E-state index in [2.05, 4.69) is 5.32 Å². The molecule has 1 heterocycles. The van der Waals surface area contributed by atoms with Crippen LogP contribution in [-0.2, 0) is 14.8 Å². The Hall–Kier alpha value is -2.82. The molecule has 9 nitrogen and oxygen atoms in total. The number of rotatable bonds is 7. The Bertz CT molecular complexity index is 1020. The summed E-state index contributed by atoms with van der Waals surface area (Å²) in [6.07, 6.45) is 0. The van der Waals surface area contributed by atoms with Gasteiger partial charge in [0.25, 0.3) is 5.91 Å². The molecule has 0 aliphatic carbocycles. The highest BCUT2D eigenvalue weighted by Crippen LogP contribution is 2.31. The van der Waals surface area contributed by atoms with Crippen molar-refractivity contribution in [3.05, 3.63) is 42.0 Å². The van der Waals surface area contributed by atoms with E-state index in [-0.39, 0.29) is 29.3 Å². The minimum absolute atomic E-state index is 0.0219. The van der Waals surface area contributed by atoms with Crippen LogP contribution in [0.2, 0.25) is 0 Å². The average Bonchev–Trinajstić information content (AvgIpc) is 2.79. The van der Waals surface area contributed by atoms with Crippen LogP contribution in [0.1, 0.15) is 10.4 Å². The van der Waals surface area contributed by atoms with Gasteiger partial charge in [0.1, 0.15) is 22.1 Å². The Morgan fingerprint density at radius 1 is 0.967 bits per heavy atom. The van der Waals surface area contributed by atoms with E-state index >= 15 is 0 Å². The van der Waals surface area contributed by atoms with Gasteiger partial charge in [0, 0.05) is 24.8 Å². The molecular formula is C20H24N2O7S. The fourth-order valence-corrected chi connectivity index (χ4v) is 4.66. The van der Waals surface area contributed by atoms with E-state index in [4.69, 9.17) is 18.9 Å². The minimum Gasteiger partial charge on any atom is -0.497 e. The van der Waals surface area contributed by atoms with E-state index < -0.39 is 15.9 Å². The molecule has 0 unspecified atom stereocenters. The van der Waals surface area contributed by atoms with E-state index in [1.54, 1.807) is 24.3 Å². The Labute approximate surface area is 175 Å². The Balaban J connectivity index is 1.91. The highest BCUT2D eigenvalue weighted by molar-refractivity contribution is 7.89. The van der Waals surface area contributed by atoms with Crippen molar-refractivity contribution in [2.75, 3.05) is 52.9 Å². The zero-order valence-corrected chi connectivity index (χ0v) is 17.8. The molecule has 0 aromatic heterocycles. The number of anilines is 1. The van der Waals surface area contributed by atoms with Gasteiger partial charge in [-0.2, -0.15) is 4.31 Å². The number of morpholine rings is 1. The summed E-state index contributed by atoms with van der Waals surface area (Å²) in [6, 6.07) is 9.27. The van der Waals surface area contributed by atoms with Gasteiger partial charge in [-0.25, -0.2) is 8.42 Å². The van der Waals surface area contributed by atoms with Crippen LogP contribution in [0, 0.1) is 0 Å². The van der Waals surface area contributed by atoms with E-state index in [1.165, 1.54) is 37.8 Å². The first-order valence-electron chi connectivity index (χ1n) is 9.20. The maximum atomic E-state index is 13.1. The van der Waals surface area contributed by atoms with E-state index in [1.807, 2.05) is 0 Å². The lowest BCUT2D eigenvalue weighted by Crippen LogP contribution is -2.40. The number of hydrogen-bond acceptors (Lipinski definition) is 7. The molecule has 1 N–H and O–H groups in total. The second-order valence-electron chi connectivity index (χ2n) is 6.40. The van der Waals surface area contributed by atoms with E-state index in [0.29, 0.717) is 30.4 Å². The second-order valence-corrected chi connectivity index (χ2v) is 8.31. The van der Waals surface area contributed by atoms with E-state index in [0.717, 1.165) is 0 Å². The molecule has 30 heavy (non-hydrogen) atoms. The van der Waals surface area contributed by atoms with Crippen molar-refractivity contribution in [1.82, 2.24) is 4.31 Å². The zero-order valence-electron chi connectivity index (χ0n) is 17.0. The quantitative estimate of drug-likeness (QED) is 0.708. The van der Waals surface area contributed by atoms with Crippen molar-refractivity contribution in [3.8, 4) is 17.2 Å². The van der Waals surface area contributed by atoms with Gasteiger partial charge in [-0.15, -0.1) is 0 Å². The summed E-state index contributed by atoms with van der Waals surface area (Å²) in [5, 5.41) is 2.71. The Kier molecular flexibility index (Phi) is 6.80. The molecule has 10 heteroatoms. The number of hydrogen-bond donors (Lipinski definition) is 1. The van der Waals surface area contributed by atoms with Crippen LogP contribution in [0.3, 0.4) is 0 Å². The molecule has 0 saturated carbocycles. The molecule has 0 bridgehead atoms. The summed E-state index contributed by atoms with van der Waals surface area (Å²) in [5.74, 6) is 0.629. The second kappa shape index (κ2) is 9.33. The van der Waals surface area contributed by atoms with Crippen LogP contribution in [0.5, 0.6) is 17.2 Å². The Morgan fingerprint density at radius 3 is 2.30 bits per heavy atom. The van der Waals surface area contributed by atoms with Crippen LogP contribution in [0.4, 0.5) is 5.69 Å². The maximum absolute atomic E-state index is 13.1. The van der Waals surface area contributed by atoms with Crippen molar-refractivity contribution < 1.29 is 32.2 Å². The van der Waals surface area contributed by atoms with Gasteiger partial charge >= 0.3 is 0 Å². The normalized spacial score (nSPS) is 14.8. The van der Waals surface area contributed by atoms with Crippen LogP contribution in [0.25, 0.3) is 0 Å². The molecule has 1 saturated heterocycles. The molecule has 1 fully saturated rings. The number of nitrogens with one attached hydrogen (secondary N) is 1. The first-order valence-corrected chi connectivity index (χ1v) is 10.6. The fraction of sp³-hybridized carbons (Fsp3) is 0.350. The average molecular weight is 436 g/mol. The number of sulfonamides is 1. The van der Waals surface area contributed by atoms with Crippen LogP contribution in [0.15, 0.2) is 41.3 Å². The summed E-state index contributed by atoms with van der Waals surface area (Å²) in [7, 11) is 0.550. The van der Waals surface area contributed by atoms with Crippen molar-refractivity contribution in [2.24, 2.45) is 0 Å². The predicted molar refractivity (Wildman–Crippen MR) is 110 cm³/mol. The van der Waals surface area contributed by atoms with Gasteiger partial charge in [-0.1, -0.05) is 0 Å². The lowest BCUT2D eigenvalue weighted by atomic mass is 10.1. The number of benzene rings is 2. The first kappa shape index (κ1) is 21.9. The molecule has 1 aliphatic rings. The van der Waals surface area contributed by atoms with Crippen LogP contribution >= 0.6 is 0 Å². The summed E-state index contributed by atoms with van der Waals surface area (Å²) in [6.45, 7) is 1.17. The number of amides is 1. The molecule has 2 aromatic carbocycles. The summed E-state index contributed by atoms with van der Waals surface area (Å²) < 4.78 is 48.4. The van der Waals surface area contributed by atoms with Crippen LogP contribution in [-0.4, -0.2) is 66.3 Å². The van der Waals surface area contributed by atoms with Crippen molar-refractivity contribution >= 4 is 21.6 Å².